The van der Waals surface area contributed by atoms with E-state index in [-0.39, 0.29) is 0 Å². The van der Waals surface area contributed by atoms with E-state index in [1.807, 2.05) is 7.05 Å². The van der Waals surface area contributed by atoms with Gasteiger partial charge in [-0.2, -0.15) is 0 Å². The molecule has 0 saturated carbocycles. The summed E-state index contributed by atoms with van der Waals surface area (Å²) in [7, 11) is 2.01. The number of rotatable bonds is 2. The zero-order valence-electron chi connectivity index (χ0n) is 8.43. The van der Waals surface area contributed by atoms with Crippen molar-refractivity contribution in [3.05, 3.63) is 34.9 Å². The van der Waals surface area contributed by atoms with Crippen LogP contribution in [0.1, 0.15) is 36.1 Å². The molecule has 2 rings (SSSR count). The fourth-order valence-electron chi connectivity index (χ4n) is 2.03. The molecule has 1 atom stereocenters. The van der Waals surface area contributed by atoms with E-state index in [0.717, 1.165) is 0 Å². The Bertz CT molecular complexity index is 304. The summed E-state index contributed by atoms with van der Waals surface area (Å²) in [6, 6.07) is 7.39. The molecule has 1 N–H and O–H groups in total. The summed E-state index contributed by atoms with van der Waals surface area (Å²) in [4.78, 5) is 0. The third-order valence-electron chi connectivity index (χ3n) is 3.06. The molecule has 1 aliphatic carbocycles. The molecule has 0 aromatic heterocycles. The van der Waals surface area contributed by atoms with Gasteiger partial charge in [-0.25, -0.2) is 0 Å². The lowest BCUT2D eigenvalue weighted by Gasteiger charge is -2.11. The quantitative estimate of drug-likeness (QED) is 0.728. The first-order chi connectivity index (χ1) is 6.31. The van der Waals surface area contributed by atoms with Crippen molar-refractivity contribution in [3.8, 4) is 0 Å². The fourth-order valence-corrected chi connectivity index (χ4v) is 2.03. The Kier molecular flexibility index (Phi) is 2.36. The van der Waals surface area contributed by atoms with Crippen molar-refractivity contribution < 1.29 is 0 Å². The normalized spacial score (nSPS) is 17.1. The van der Waals surface area contributed by atoms with Crippen molar-refractivity contribution in [2.75, 3.05) is 7.05 Å². The molecule has 1 nitrogen and oxygen atoms in total. The van der Waals surface area contributed by atoms with E-state index >= 15 is 0 Å². The van der Waals surface area contributed by atoms with E-state index in [2.05, 4.69) is 30.4 Å². The van der Waals surface area contributed by atoms with Crippen LogP contribution >= 0.6 is 0 Å². The van der Waals surface area contributed by atoms with E-state index in [1.54, 1.807) is 11.1 Å². The molecule has 0 saturated heterocycles. The molecule has 0 amide bonds. The molecule has 0 spiro atoms. The van der Waals surface area contributed by atoms with Gasteiger partial charge in [0.15, 0.2) is 0 Å². The van der Waals surface area contributed by atoms with Crippen molar-refractivity contribution in [2.24, 2.45) is 0 Å². The Balaban J connectivity index is 2.30. The number of fused-ring (bicyclic) bond motifs is 1. The van der Waals surface area contributed by atoms with Gasteiger partial charge < -0.3 is 5.32 Å². The largest absolute Gasteiger partial charge is 0.313 e. The second-order valence-electron chi connectivity index (χ2n) is 3.89. The molecule has 13 heavy (non-hydrogen) atoms. The van der Waals surface area contributed by atoms with Crippen LogP contribution in [0.15, 0.2) is 18.2 Å². The molecule has 1 aromatic rings. The maximum Gasteiger partial charge on any atom is 0.0289 e. The molecule has 0 radical (unpaired) electrons. The molecule has 0 aliphatic heterocycles. The van der Waals surface area contributed by atoms with Gasteiger partial charge in [-0.3, -0.25) is 0 Å². The zero-order chi connectivity index (χ0) is 9.26. The number of nitrogens with one attached hydrogen (secondary N) is 1. The van der Waals surface area contributed by atoms with Crippen LogP contribution < -0.4 is 5.32 Å². The lowest BCUT2D eigenvalue weighted by atomic mass is 10.0. The van der Waals surface area contributed by atoms with E-state index in [4.69, 9.17) is 0 Å². The maximum atomic E-state index is 3.27. The molecule has 0 heterocycles. The van der Waals surface area contributed by atoms with Crippen LogP contribution in [0.25, 0.3) is 0 Å². The second kappa shape index (κ2) is 3.51. The smallest absolute Gasteiger partial charge is 0.0289 e. The predicted octanol–water partition coefficient (Wildman–Crippen LogP) is 2.46. The summed E-state index contributed by atoms with van der Waals surface area (Å²) in [5.41, 5.74) is 4.55. The molecule has 0 bridgehead atoms. The third-order valence-corrected chi connectivity index (χ3v) is 3.06. The fraction of sp³-hybridized carbons (Fsp3) is 0.500. The predicted molar refractivity (Wildman–Crippen MR) is 55.9 cm³/mol. The number of aryl methyl sites for hydroxylation is 2. The van der Waals surface area contributed by atoms with Crippen LogP contribution in [0.2, 0.25) is 0 Å². The van der Waals surface area contributed by atoms with Crippen LogP contribution in [0.5, 0.6) is 0 Å². The van der Waals surface area contributed by atoms with Gasteiger partial charge >= 0.3 is 0 Å². The lowest BCUT2D eigenvalue weighted by molar-refractivity contribution is 0.651. The topological polar surface area (TPSA) is 12.0 Å². The molecule has 1 aliphatic rings. The zero-order valence-corrected chi connectivity index (χ0v) is 8.43. The van der Waals surface area contributed by atoms with Crippen molar-refractivity contribution in [1.29, 1.82) is 0 Å². The summed E-state index contributed by atoms with van der Waals surface area (Å²) in [5.74, 6) is 0. The summed E-state index contributed by atoms with van der Waals surface area (Å²) < 4.78 is 0. The van der Waals surface area contributed by atoms with Gasteiger partial charge in [-0.15, -0.1) is 0 Å². The molecule has 70 valence electrons. The van der Waals surface area contributed by atoms with Crippen LogP contribution in [0.3, 0.4) is 0 Å². The van der Waals surface area contributed by atoms with Gasteiger partial charge in [0, 0.05) is 6.04 Å². The standard InChI is InChI=1S/C12H17N/c1-9(13-2)11-7-6-10-4-3-5-12(10)8-11/h6-9,13H,3-5H2,1-2H3/t9-/m1/s1. The monoisotopic (exact) mass is 175 g/mol. The molecular weight excluding hydrogens is 158 g/mol. The molecule has 1 heteroatoms. The van der Waals surface area contributed by atoms with Crippen LogP contribution in [0, 0.1) is 0 Å². The van der Waals surface area contributed by atoms with E-state index in [1.165, 1.54) is 24.8 Å². The number of benzene rings is 1. The van der Waals surface area contributed by atoms with Gasteiger partial charge in [0.25, 0.3) is 0 Å². The van der Waals surface area contributed by atoms with Crippen LogP contribution in [-0.2, 0) is 12.8 Å². The Hall–Kier alpha value is -0.820. The minimum Gasteiger partial charge on any atom is -0.313 e. The van der Waals surface area contributed by atoms with Crippen LogP contribution in [-0.4, -0.2) is 7.05 Å². The summed E-state index contributed by atoms with van der Waals surface area (Å²) in [5, 5.41) is 3.27. The first-order valence-electron chi connectivity index (χ1n) is 5.10. The van der Waals surface area contributed by atoms with Gasteiger partial charge in [-0.1, -0.05) is 18.2 Å². The van der Waals surface area contributed by atoms with Gasteiger partial charge in [-0.05, 0) is 49.9 Å². The molecule has 0 fully saturated rings. The highest BCUT2D eigenvalue weighted by Gasteiger charge is 2.12. The van der Waals surface area contributed by atoms with Gasteiger partial charge in [0.05, 0.1) is 0 Å². The Morgan fingerprint density at radius 2 is 2.00 bits per heavy atom. The van der Waals surface area contributed by atoms with Crippen molar-refractivity contribution >= 4 is 0 Å². The van der Waals surface area contributed by atoms with Crippen molar-refractivity contribution in [2.45, 2.75) is 32.2 Å². The highest BCUT2D eigenvalue weighted by molar-refractivity contribution is 5.36. The number of hydrogen-bond donors (Lipinski definition) is 1. The average molecular weight is 175 g/mol. The SMILES string of the molecule is CN[C@H](C)c1ccc2c(c1)CCC2. The van der Waals surface area contributed by atoms with Crippen molar-refractivity contribution in [1.82, 2.24) is 5.32 Å². The van der Waals surface area contributed by atoms with E-state index in [9.17, 15) is 0 Å². The lowest BCUT2D eigenvalue weighted by Crippen LogP contribution is -2.12. The van der Waals surface area contributed by atoms with E-state index in [0.29, 0.717) is 6.04 Å². The minimum atomic E-state index is 0.478. The summed E-state index contributed by atoms with van der Waals surface area (Å²) >= 11 is 0. The third kappa shape index (κ3) is 1.61. The maximum absolute atomic E-state index is 3.27. The minimum absolute atomic E-state index is 0.478. The highest BCUT2D eigenvalue weighted by atomic mass is 14.8. The second-order valence-corrected chi connectivity index (χ2v) is 3.89. The summed E-state index contributed by atoms with van der Waals surface area (Å²) in [6.45, 7) is 2.21. The van der Waals surface area contributed by atoms with Gasteiger partial charge in [0.1, 0.15) is 0 Å². The molecule has 1 aromatic carbocycles. The average Bonchev–Trinajstić information content (AvgIpc) is 2.63. The van der Waals surface area contributed by atoms with E-state index < -0.39 is 0 Å². The first-order valence-corrected chi connectivity index (χ1v) is 5.10. The Labute approximate surface area is 80.2 Å². The molecular formula is C12H17N. The molecule has 0 unspecified atom stereocenters. The van der Waals surface area contributed by atoms with Crippen molar-refractivity contribution in [3.63, 3.8) is 0 Å². The summed E-state index contributed by atoms with van der Waals surface area (Å²) in [6.07, 6.45) is 3.90. The number of hydrogen-bond acceptors (Lipinski definition) is 1. The highest BCUT2D eigenvalue weighted by Crippen LogP contribution is 2.24. The van der Waals surface area contributed by atoms with Gasteiger partial charge in [0.2, 0.25) is 0 Å². The van der Waals surface area contributed by atoms with Crippen LogP contribution in [0.4, 0.5) is 0 Å². The first kappa shape index (κ1) is 8.76. The Morgan fingerprint density at radius 3 is 2.77 bits per heavy atom. The Morgan fingerprint density at radius 1 is 1.23 bits per heavy atom.